The number of amides is 2. The Bertz CT molecular complexity index is 1050. The molecule has 1 aromatic carbocycles. The van der Waals surface area contributed by atoms with Crippen LogP contribution in [0.15, 0.2) is 34.9 Å². The fourth-order valence-corrected chi connectivity index (χ4v) is 4.27. The average molecular weight is 443 g/mol. The molecule has 4 rings (SSSR count). The summed E-state index contributed by atoms with van der Waals surface area (Å²) in [5.74, 6) is -1.48. The summed E-state index contributed by atoms with van der Waals surface area (Å²) in [5, 5.41) is 6.84. The summed E-state index contributed by atoms with van der Waals surface area (Å²) in [6, 6.07) is 8.72. The molecule has 0 unspecified atom stereocenters. The quantitative estimate of drug-likeness (QED) is 0.636. The number of urea groups is 1. The number of halogens is 4. The minimum atomic E-state index is -4.68. The standard InChI is InChI=1S/C18H14ClF3N4O2S/c19-12-4-2-1-3-10(12)8-23-17(27)26-6-5-13-11(9-26)7-14(29-13)15-24-16(28-25-15)18(20,21)22/h1-4,7H,5-6,8-9H2,(H,23,27). The summed E-state index contributed by atoms with van der Waals surface area (Å²) < 4.78 is 42.2. The Morgan fingerprint density at radius 3 is 2.86 bits per heavy atom. The second-order valence-corrected chi connectivity index (χ2v) is 7.95. The molecule has 0 radical (unpaired) electrons. The van der Waals surface area contributed by atoms with E-state index in [4.69, 9.17) is 11.6 Å². The predicted molar refractivity (Wildman–Crippen MR) is 100 cm³/mol. The first-order valence-corrected chi connectivity index (χ1v) is 9.80. The summed E-state index contributed by atoms with van der Waals surface area (Å²) in [6.45, 7) is 1.16. The van der Waals surface area contributed by atoms with Crippen LogP contribution in [-0.2, 0) is 25.7 Å². The van der Waals surface area contributed by atoms with Crippen molar-refractivity contribution in [1.82, 2.24) is 20.4 Å². The lowest BCUT2D eigenvalue weighted by atomic mass is 10.1. The number of rotatable bonds is 3. The molecule has 2 amide bonds. The highest BCUT2D eigenvalue weighted by atomic mass is 35.5. The second-order valence-electron chi connectivity index (χ2n) is 6.40. The van der Waals surface area contributed by atoms with Crippen LogP contribution in [0.1, 0.15) is 21.9 Å². The van der Waals surface area contributed by atoms with E-state index in [0.717, 1.165) is 16.0 Å². The van der Waals surface area contributed by atoms with Crippen LogP contribution >= 0.6 is 22.9 Å². The molecule has 29 heavy (non-hydrogen) atoms. The highest BCUT2D eigenvalue weighted by Gasteiger charge is 2.38. The number of nitrogens with one attached hydrogen (secondary N) is 1. The van der Waals surface area contributed by atoms with Gasteiger partial charge in [0.15, 0.2) is 0 Å². The molecular formula is C18H14ClF3N4O2S. The van der Waals surface area contributed by atoms with Gasteiger partial charge in [0, 0.05) is 29.5 Å². The zero-order chi connectivity index (χ0) is 20.6. The van der Waals surface area contributed by atoms with Crippen molar-refractivity contribution in [2.45, 2.75) is 25.7 Å². The number of carbonyl (C=O) groups excluding carboxylic acids is 1. The third-order valence-electron chi connectivity index (χ3n) is 4.43. The number of aromatic nitrogens is 2. The van der Waals surface area contributed by atoms with E-state index in [2.05, 4.69) is 20.0 Å². The van der Waals surface area contributed by atoms with Crippen molar-refractivity contribution in [3.63, 3.8) is 0 Å². The Labute approximate surface area is 172 Å². The maximum atomic E-state index is 12.7. The van der Waals surface area contributed by atoms with Crippen LogP contribution in [0.4, 0.5) is 18.0 Å². The van der Waals surface area contributed by atoms with Crippen molar-refractivity contribution in [3.8, 4) is 10.7 Å². The van der Waals surface area contributed by atoms with Crippen molar-refractivity contribution in [2.75, 3.05) is 6.54 Å². The number of alkyl halides is 3. The van der Waals surface area contributed by atoms with Gasteiger partial charge in [0.2, 0.25) is 5.82 Å². The molecule has 1 N–H and O–H groups in total. The fraction of sp³-hybridized carbons (Fsp3) is 0.278. The van der Waals surface area contributed by atoms with Gasteiger partial charge in [-0.05, 0) is 29.7 Å². The summed E-state index contributed by atoms with van der Waals surface area (Å²) >= 11 is 7.41. The van der Waals surface area contributed by atoms with E-state index in [-0.39, 0.29) is 11.9 Å². The molecule has 0 saturated heterocycles. The van der Waals surface area contributed by atoms with Crippen LogP contribution in [0.25, 0.3) is 10.7 Å². The van der Waals surface area contributed by atoms with Crippen molar-refractivity contribution >= 4 is 29.0 Å². The van der Waals surface area contributed by atoms with Gasteiger partial charge in [-0.2, -0.15) is 18.2 Å². The largest absolute Gasteiger partial charge is 0.471 e. The number of carbonyl (C=O) groups is 1. The second kappa shape index (κ2) is 7.68. The Morgan fingerprint density at radius 2 is 2.14 bits per heavy atom. The molecule has 0 spiro atoms. The topological polar surface area (TPSA) is 71.3 Å². The lowest BCUT2D eigenvalue weighted by Gasteiger charge is -2.27. The number of hydrogen-bond acceptors (Lipinski definition) is 5. The first kappa shape index (κ1) is 19.7. The number of hydrogen-bond donors (Lipinski definition) is 1. The summed E-state index contributed by atoms with van der Waals surface area (Å²) in [6.07, 6.45) is -4.08. The molecule has 3 heterocycles. The Hall–Kier alpha value is -2.59. The maximum absolute atomic E-state index is 12.7. The fourth-order valence-electron chi connectivity index (χ4n) is 2.98. The minimum absolute atomic E-state index is 0.105. The summed E-state index contributed by atoms with van der Waals surface area (Å²) in [4.78, 5) is 19.0. The van der Waals surface area contributed by atoms with Crippen LogP contribution in [-0.4, -0.2) is 27.6 Å². The molecular weight excluding hydrogens is 429 g/mol. The number of fused-ring (bicyclic) bond motifs is 1. The van der Waals surface area contributed by atoms with Crippen molar-refractivity contribution in [2.24, 2.45) is 0 Å². The molecule has 0 atom stereocenters. The number of nitrogens with zero attached hydrogens (tertiary/aromatic N) is 3. The van der Waals surface area contributed by atoms with Gasteiger partial charge in [0.25, 0.3) is 0 Å². The van der Waals surface area contributed by atoms with E-state index in [9.17, 15) is 18.0 Å². The highest BCUT2D eigenvalue weighted by molar-refractivity contribution is 7.15. The van der Waals surface area contributed by atoms with E-state index in [1.807, 2.05) is 18.2 Å². The molecule has 3 aromatic rings. The smallest absolute Gasteiger partial charge is 0.334 e. The lowest BCUT2D eigenvalue weighted by Crippen LogP contribution is -2.42. The summed E-state index contributed by atoms with van der Waals surface area (Å²) in [7, 11) is 0. The van der Waals surface area contributed by atoms with Crippen molar-refractivity contribution < 1.29 is 22.5 Å². The maximum Gasteiger partial charge on any atom is 0.471 e. The van der Waals surface area contributed by atoms with Gasteiger partial charge in [-0.1, -0.05) is 35.0 Å². The monoisotopic (exact) mass is 442 g/mol. The van der Waals surface area contributed by atoms with Crippen LogP contribution in [0.3, 0.4) is 0 Å². The normalized spacial score (nSPS) is 14.0. The zero-order valence-corrected chi connectivity index (χ0v) is 16.4. The Morgan fingerprint density at radius 1 is 1.34 bits per heavy atom. The van der Waals surface area contributed by atoms with E-state index in [1.165, 1.54) is 11.3 Å². The van der Waals surface area contributed by atoms with Gasteiger partial charge in [-0.15, -0.1) is 11.3 Å². The lowest BCUT2D eigenvalue weighted by molar-refractivity contribution is -0.159. The molecule has 0 saturated carbocycles. The predicted octanol–water partition coefficient (Wildman–Crippen LogP) is 4.74. The first-order valence-electron chi connectivity index (χ1n) is 8.60. The van der Waals surface area contributed by atoms with E-state index in [1.54, 1.807) is 17.0 Å². The molecule has 0 bridgehead atoms. The van der Waals surface area contributed by atoms with Crippen molar-refractivity contribution in [3.05, 3.63) is 57.2 Å². The Balaban J connectivity index is 1.43. The molecule has 2 aromatic heterocycles. The molecule has 0 fully saturated rings. The molecule has 6 nitrogen and oxygen atoms in total. The molecule has 152 valence electrons. The zero-order valence-electron chi connectivity index (χ0n) is 14.8. The number of benzene rings is 1. The van der Waals surface area contributed by atoms with Crippen LogP contribution in [0, 0.1) is 0 Å². The molecule has 0 aliphatic carbocycles. The third-order valence-corrected chi connectivity index (χ3v) is 6.03. The highest BCUT2D eigenvalue weighted by Crippen LogP contribution is 2.35. The van der Waals surface area contributed by atoms with E-state index < -0.39 is 12.1 Å². The molecule has 1 aliphatic heterocycles. The van der Waals surface area contributed by atoms with Gasteiger partial charge < -0.3 is 14.7 Å². The number of thiophene rings is 1. The average Bonchev–Trinajstić information content (AvgIpc) is 3.33. The van der Waals surface area contributed by atoms with Gasteiger partial charge in [-0.3, -0.25) is 0 Å². The molecule has 11 heteroatoms. The summed E-state index contributed by atoms with van der Waals surface area (Å²) in [5.41, 5.74) is 1.68. The van der Waals surface area contributed by atoms with Crippen LogP contribution < -0.4 is 5.32 Å². The van der Waals surface area contributed by atoms with Crippen LogP contribution in [0.2, 0.25) is 5.02 Å². The van der Waals surface area contributed by atoms with Crippen LogP contribution in [0.5, 0.6) is 0 Å². The third kappa shape index (κ3) is 4.23. The van der Waals surface area contributed by atoms with Crippen molar-refractivity contribution in [1.29, 1.82) is 0 Å². The minimum Gasteiger partial charge on any atom is -0.334 e. The van der Waals surface area contributed by atoms with E-state index >= 15 is 0 Å². The Kier molecular flexibility index (Phi) is 5.22. The molecule has 1 aliphatic rings. The SMILES string of the molecule is O=C(NCc1ccccc1Cl)N1CCc2sc(-c3noc(C(F)(F)F)n3)cc2C1. The van der Waals surface area contributed by atoms with Gasteiger partial charge in [0.05, 0.1) is 4.88 Å². The van der Waals surface area contributed by atoms with Gasteiger partial charge in [0.1, 0.15) is 0 Å². The first-order chi connectivity index (χ1) is 13.8. The van der Waals surface area contributed by atoms with Gasteiger partial charge in [-0.25, -0.2) is 4.79 Å². The van der Waals surface area contributed by atoms with Gasteiger partial charge >= 0.3 is 18.1 Å². The van der Waals surface area contributed by atoms with E-state index in [0.29, 0.717) is 36.0 Å².